The maximum absolute atomic E-state index is 12.1. The van der Waals surface area contributed by atoms with E-state index in [0.29, 0.717) is 5.92 Å². The second kappa shape index (κ2) is 7.81. The smallest absolute Gasteiger partial charge is 0.410 e. The lowest BCUT2D eigenvalue weighted by Gasteiger charge is -2.24. The van der Waals surface area contributed by atoms with Crippen LogP contribution in [0.4, 0.5) is 4.79 Å². The van der Waals surface area contributed by atoms with Gasteiger partial charge in [0.15, 0.2) is 0 Å². The Bertz CT molecular complexity index is 507. The van der Waals surface area contributed by atoms with Crippen LogP contribution in [0.25, 0.3) is 0 Å². The highest BCUT2D eigenvalue weighted by molar-refractivity contribution is 5.68. The molecule has 2 heterocycles. The minimum atomic E-state index is -0.425. The maximum atomic E-state index is 12.1. The van der Waals surface area contributed by atoms with Gasteiger partial charge in [-0.15, -0.1) is 0 Å². The molecule has 1 aromatic heterocycles. The van der Waals surface area contributed by atoms with Crippen LogP contribution in [0.3, 0.4) is 0 Å². The normalized spacial score (nSPS) is 18.4. The van der Waals surface area contributed by atoms with Crippen LogP contribution in [-0.4, -0.2) is 46.0 Å². The van der Waals surface area contributed by atoms with Crippen molar-refractivity contribution in [3.05, 3.63) is 18.0 Å². The van der Waals surface area contributed by atoms with Crippen molar-refractivity contribution < 1.29 is 9.53 Å². The van der Waals surface area contributed by atoms with Gasteiger partial charge in [0.2, 0.25) is 0 Å². The van der Waals surface area contributed by atoms with Crippen LogP contribution in [-0.2, 0) is 17.8 Å². The number of aryl methyl sites for hydroxylation is 1. The fourth-order valence-corrected chi connectivity index (χ4v) is 2.82. The lowest BCUT2D eigenvalue weighted by Crippen LogP contribution is -2.36. The molecular weight excluding hydrogens is 292 g/mol. The summed E-state index contributed by atoms with van der Waals surface area (Å²) in [6.45, 7) is 12.1. The molecule has 1 aliphatic heterocycles. The van der Waals surface area contributed by atoms with Gasteiger partial charge in [0.05, 0.1) is 5.69 Å². The standard InChI is InChI=1S/C17H30N4O2/c1-5-9-21-15(6-8-19-21)12-18-11-14-7-10-20(13-14)16(22)23-17(2,3)4/h6,8,14,18H,5,7,9-13H2,1-4H3. The van der Waals surface area contributed by atoms with Gasteiger partial charge in [0, 0.05) is 38.9 Å². The van der Waals surface area contributed by atoms with E-state index in [1.54, 1.807) is 0 Å². The lowest BCUT2D eigenvalue weighted by atomic mass is 10.1. The van der Waals surface area contributed by atoms with Gasteiger partial charge in [-0.2, -0.15) is 5.10 Å². The number of carbonyl (C=O) groups excluding carboxylic acids is 1. The second-order valence-electron chi connectivity index (χ2n) is 7.26. The second-order valence-corrected chi connectivity index (χ2v) is 7.26. The first-order chi connectivity index (χ1) is 10.9. The first kappa shape index (κ1) is 17.8. The Hall–Kier alpha value is -1.56. The number of hydrogen-bond donors (Lipinski definition) is 1. The highest BCUT2D eigenvalue weighted by atomic mass is 16.6. The zero-order valence-corrected chi connectivity index (χ0v) is 14.8. The van der Waals surface area contributed by atoms with Crippen LogP contribution in [0, 0.1) is 5.92 Å². The minimum Gasteiger partial charge on any atom is -0.444 e. The van der Waals surface area contributed by atoms with E-state index < -0.39 is 5.60 Å². The predicted molar refractivity (Wildman–Crippen MR) is 90.1 cm³/mol. The zero-order chi connectivity index (χ0) is 16.9. The number of nitrogens with zero attached hydrogens (tertiary/aromatic N) is 3. The first-order valence-corrected chi connectivity index (χ1v) is 8.58. The number of rotatable bonds is 6. The average Bonchev–Trinajstić information content (AvgIpc) is 3.07. The quantitative estimate of drug-likeness (QED) is 0.875. The van der Waals surface area contributed by atoms with Crippen molar-refractivity contribution in [3.8, 4) is 0 Å². The van der Waals surface area contributed by atoms with E-state index in [-0.39, 0.29) is 6.09 Å². The fraction of sp³-hybridized carbons (Fsp3) is 0.765. The van der Waals surface area contributed by atoms with Crippen LogP contribution < -0.4 is 5.32 Å². The van der Waals surface area contributed by atoms with Gasteiger partial charge in [0.1, 0.15) is 5.60 Å². The molecule has 1 unspecified atom stereocenters. The van der Waals surface area contributed by atoms with Crippen LogP contribution in [0.5, 0.6) is 0 Å². The molecule has 0 aliphatic carbocycles. The molecule has 1 atom stereocenters. The van der Waals surface area contributed by atoms with Gasteiger partial charge in [0.25, 0.3) is 0 Å². The molecule has 1 aliphatic rings. The summed E-state index contributed by atoms with van der Waals surface area (Å²) in [6, 6.07) is 2.06. The van der Waals surface area contributed by atoms with E-state index >= 15 is 0 Å². The van der Waals surface area contributed by atoms with E-state index in [1.165, 1.54) is 5.69 Å². The highest BCUT2D eigenvalue weighted by Crippen LogP contribution is 2.19. The molecule has 1 fully saturated rings. The Labute approximate surface area is 139 Å². The number of nitrogens with one attached hydrogen (secondary N) is 1. The molecule has 1 N–H and O–H groups in total. The summed E-state index contributed by atoms with van der Waals surface area (Å²) in [5.41, 5.74) is 0.791. The van der Waals surface area contributed by atoms with Gasteiger partial charge in [-0.3, -0.25) is 4.68 Å². The average molecular weight is 322 g/mol. The van der Waals surface area contributed by atoms with Crippen molar-refractivity contribution in [3.63, 3.8) is 0 Å². The fourth-order valence-electron chi connectivity index (χ4n) is 2.82. The van der Waals surface area contributed by atoms with Crippen molar-refractivity contribution in [2.45, 2.75) is 59.2 Å². The zero-order valence-electron chi connectivity index (χ0n) is 14.8. The molecule has 1 saturated heterocycles. The van der Waals surface area contributed by atoms with Crippen molar-refractivity contribution in [2.75, 3.05) is 19.6 Å². The minimum absolute atomic E-state index is 0.193. The van der Waals surface area contributed by atoms with E-state index in [0.717, 1.165) is 45.6 Å². The summed E-state index contributed by atoms with van der Waals surface area (Å²) in [5, 5.41) is 7.83. The first-order valence-electron chi connectivity index (χ1n) is 8.58. The van der Waals surface area contributed by atoms with E-state index in [2.05, 4.69) is 28.1 Å². The van der Waals surface area contributed by atoms with Gasteiger partial charge >= 0.3 is 6.09 Å². The summed E-state index contributed by atoms with van der Waals surface area (Å²) in [4.78, 5) is 13.9. The van der Waals surface area contributed by atoms with Crippen LogP contribution in [0.2, 0.25) is 0 Å². The molecule has 6 heteroatoms. The highest BCUT2D eigenvalue weighted by Gasteiger charge is 2.29. The number of hydrogen-bond acceptors (Lipinski definition) is 4. The maximum Gasteiger partial charge on any atom is 0.410 e. The number of amides is 1. The van der Waals surface area contributed by atoms with Crippen LogP contribution in [0.1, 0.15) is 46.2 Å². The van der Waals surface area contributed by atoms with Crippen molar-refractivity contribution in [1.29, 1.82) is 0 Å². The monoisotopic (exact) mass is 322 g/mol. The van der Waals surface area contributed by atoms with Crippen molar-refractivity contribution in [1.82, 2.24) is 20.0 Å². The molecule has 0 radical (unpaired) electrons. The van der Waals surface area contributed by atoms with Gasteiger partial charge < -0.3 is 15.0 Å². The van der Waals surface area contributed by atoms with Crippen LogP contribution >= 0.6 is 0 Å². The number of likely N-dealkylation sites (tertiary alicyclic amines) is 1. The predicted octanol–water partition coefficient (Wildman–Crippen LogP) is 2.64. The SMILES string of the molecule is CCCn1nccc1CNCC1CCN(C(=O)OC(C)(C)C)C1. The van der Waals surface area contributed by atoms with Gasteiger partial charge in [-0.05, 0) is 45.6 Å². The molecule has 0 saturated carbocycles. The molecule has 0 aromatic carbocycles. The molecule has 130 valence electrons. The van der Waals surface area contributed by atoms with Gasteiger partial charge in [-0.25, -0.2) is 4.79 Å². The number of ether oxygens (including phenoxy) is 1. The Morgan fingerprint density at radius 2 is 2.26 bits per heavy atom. The third-order valence-corrected chi connectivity index (χ3v) is 3.92. The van der Waals surface area contributed by atoms with Crippen molar-refractivity contribution in [2.24, 2.45) is 5.92 Å². The molecule has 0 spiro atoms. The van der Waals surface area contributed by atoms with Gasteiger partial charge in [-0.1, -0.05) is 6.92 Å². The molecule has 0 bridgehead atoms. The molecule has 1 aromatic rings. The summed E-state index contributed by atoms with van der Waals surface area (Å²) in [5.74, 6) is 0.491. The van der Waals surface area contributed by atoms with Crippen molar-refractivity contribution >= 4 is 6.09 Å². The van der Waals surface area contributed by atoms with E-state index in [9.17, 15) is 4.79 Å². The molecule has 6 nitrogen and oxygen atoms in total. The van der Waals surface area contributed by atoms with E-state index in [1.807, 2.05) is 31.9 Å². The van der Waals surface area contributed by atoms with Crippen LogP contribution in [0.15, 0.2) is 12.3 Å². The topological polar surface area (TPSA) is 59.4 Å². The summed E-state index contributed by atoms with van der Waals surface area (Å²) >= 11 is 0. The summed E-state index contributed by atoms with van der Waals surface area (Å²) in [7, 11) is 0. The molecule has 23 heavy (non-hydrogen) atoms. The Balaban J connectivity index is 1.71. The number of carbonyl (C=O) groups is 1. The third kappa shape index (κ3) is 5.53. The largest absolute Gasteiger partial charge is 0.444 e. The lowest BCUT2D eigenvalue weighted by molar-refractivity contribution is 0.0288. The Kier molecular flexibility index (Phi) is 6.04. The third-order valence-electron chi connectivity index (χ3n) is 3.92. The molecule has 1 amide bonds. The molecule has 2 rings (SSSR count). The number of aromatic nitrogens is 2. The van der Waals surface area contributed by atoms with E-state index in [4.69, 9.17) is 4.74 Å². The summed E-state index contributed by atoms with van der Waals surface area (Å²) < 4.78 is 7.48. The molecular formula is C17H30N4O2. The summed E-state index contributed by atoms with van der Waals surface area (Å²) in [6.07, 6.45) is 3.77. The Morgan fingerprint density at radius 1 is 1.48 bits per heavy atom. The Morgan fingerprint density at radius 3 is 2.96 bits per heavy atom.